The van der Waals surface area contributed by atoms with E-state index in [2.05, 4.69) is 4.67 Å². The molecule has 0 N–H and O–H groups in total. The van der Waals surface area contributed by atoms with E-state index in [1.807, 2.05) is 25.1 Å². The number of nitrogens with zero attached hydrogens (tertiary/aromatic N) is 2. The molecule has 0 aromatic heterocycles. The number of hydrogen-bond donors (Lipinski definition) is 1. The summed E-state index contributed by atoms with van der Waals surface area (Å²) < 4.78 is 50.6. The van der Waals surface area contributed by atoms with Crippen molar-refractivity contribution in [2.24, 2.45) is 0 Å². The number of esters is 2. The van der Waals surface area contributed by atoms with Gasteiger partial charge in [-0.1, -0.05) is 17.9 Å². The highest BCUT2D eigenvalue weighted by molar-refractivity contribution is 8.65. The third-order valence-electron chi connectivity index (χ3n) is 8.50. The maximum absolute atomic E-state index is 14.5. The SMILES string of the molecule is CC1=C(CC(=O)OC(COCCC[N+](=O)[O-])C(=O)Oc2ccc(P(=S)(S)N3CCOCC3)cc2)c2cc(F)ccc2/C1=C\c1ccc([S+](C)[O-])cc1. The lowest BCUT2D eigenvalue weighted by Crippen LogP contribution is -2.36. The second-order valence-electron chi connectivity index (χ2n) is 12.0. The number of carbonyl (C=O) groups is 2. The van der Waals surface area contributed by atoms with Gasteiger partial charge in [-0.2, -0.15) is 0 Å². The first-order valence-electron chi connectivity index (χ1n) is 16.4. The summed E-state index contributed by atoms with van der Waals surface area (Å²) in [6, 6.07) is 18.2. The standard InChI is InChI=1S/C36H38FN2O9PS3/c1-24-31(20-25-4-11-29(12-5-25)52(2)44)30-13-6-26(37)21-33(30)32(24)22-35(40)48-34(23-46-17-3-14-39(42)43)36(41)47-27-7-9-28(10-8-27)49(50,51)38-15-18-45-19-16-38/h4-13,20-21,34H,3,14-19,22-23H2,1-2H3,(H,50,51)/b31-20-. The summed E-state index contributed by atoms with van der Waals surface area (Å²) in [4.78, 5) is 37.8. The van der Waals surface area contributed by atoms with E-state index in [1.54, 1.807) is 48.7 Å². The van der Waals surface area contributed by atoms with Gasteiger partial charge in [0.1, 0.15) is 17.8 Å². The van der Waals surface area contributed by atoms with E-state index in [4.69, 9.17) is 43.0 Å². The molecular weight excluding hydrogens is 751 g/mol. The molecule has 0 bridgehead atoms. The number of benzene rings is 3. The van der Waals surface area contributed by atoms with Crippen molar-refractivity contribution in [3.63, 3.8) is 0 Å². The molecule has 1 fully saturated rings. The smallest absolute Gasteiger partial charge is 0.355 e. The van der Waals surface area contributed by atoms with Gasteiger partial charge in [0, 0.05) is 29.7 Å². The third-order valence-corrected chi connectivity index (χ3v) is 14.3. The Morgan fingerprint density at radius 3 is 2.46 bits per heavy atom. The van der Waals surface area contributed by atoms with Crippen molar-refractivity contribution < 1.29 is 42.4 Å². The number of carbonyl (C=O) groups excluding carboxylic acids is 2. The van der Waals surface area contributed by atoms with E-state index in [-0.39, 0.29) is 31.7 Å². The average molecular weight is 789 g/mol. The maximum Gasteiger partial charge on any atom is 0.355 e. The predicted octanol–water partition coefficient (Wildman–Crippen LogP) is 5.68. The molecule has 0 spiro atoms. The van der Waals surface area contributed by atoms with E-state index in [1.165, 1.54) is 12.1 Å². The second-order valence-corrected chi connectivity index (χ2v) is 19.7. The molecule has 1 saturated heterocycles. The monoisotopic (exact) mass is 788 g/mol. The number of ether oxygens (including phenoxy) is 4. The van der Waals surface area contributed by atoms with Crippen molar-refractivity contribution in [1.82, 2.24) is 4.67 Å². The molecule has 1 heterocycles. The molecule has 52 heavy (non-hydrogen) atoms. The first-order valence-corrected chi connectivity index (χ1v) is 21.8. The van der Waals surface area contributed by atoms with Crippen LogP contribution in [0.3, 0.4) is 0 Å². The molecule has 0 radical (unpaired) electrons. The molecule has 1 aliphatic carbocycles. The Bertz CT molecular complexity index is 1900. The highest BCUT2D eigenvalue weighted by Gasteiger charge is 2.31. The minimum absolute atomic E-state index is 0.0503. The van der Waals surface area contributed by atoms with Crippen molar-refractivity contribution in [2.45, 2.75) is 30.8 Å². The van der Waals surface area contributed by atoms with E-state index in [0.717, 1.165) is 27.6 Å². The first kappa shape index (κ1) is 39.8. The number of hydrogen-bond acceptors (Lipinski definition) is 10. The zero-order valence-electron chi connectivity index (χ0n) is 28.5. The van der Waals surface area contributed by atoms with Gasteiger partial charge in [-0.25, -0.2) is 9.18 Å². The molecule has 3 atom stereocenters. The van der Waals surface area contributed by atoms with Crippen LogP contribution in [0.25, 0.3) is 17.2 Å². The van der Waals surface area contributed by atoms with Crippen molar-refractivity contribution >= 4 is 75.1 Å². The summed E-state index contributed by atoms with van der Waals surface area (Å²) in [5.41, 5.74) is 4.08. The molecule has 3 aromatic rings. The Balaban J connectivity index is 1.32. The van der Waals surface area contributed by atoms with Gasteiger partial charge in [-0.05, 0) is 118 Å². The molecule has 1 aliphatic heterocycles. The Kier molecular flexibility index (Phi) is 13.8. The fourth-order valence-electron chi connectivity index (χ4n) is 5.76. The van der Waals surface area contributed by atoms with Crippen LogP contribution in [0.4, 0.5) is 4.39 Å². The number of rotatable bonds is 15. The van der Waals surface area contributed by atoms with Gasteiger partial charge in [0.25, 0.3) is 0 Å². The van der Waals surface area contributed by atoms with Crippen LogP contribution in [0.1, 0.15) is 36.5 Å². The van der Waals surface area contributed by atoms with Crippen LogP contribution in [-0.2, 0) is 46.8 Å². The Hall–Kier alpha value is -3.40. The van der Waals surface area contributed by atoms with Crippen LogP contribution in [0.15, 0.2) is 77.2 Å². The van der Waals surface area contributed by atoms with Crippen LogP contribution in [0.5, 0.6) is 5.75 Å². The van der Waals surface area contributed by atoms with E-state index >= 15 is 0 Å². The summed E-state index contributed by atoms with van der Waals surface area (Å²) in [5.74, 6) is -2.00. The summed E-state index contributed by atoms with van der Waals surface area (Å²) in [6.07, 6.45) is 1.80. The molecule has 0 amide bonds. The van der Waals surface area contributed by atoms with Crippen LogP contribution < -0.4 is 10.0 Å². The van der Waals surface area contributed by atoms with Crippen molar-refractivity contribution in [3.8, 4) is 5.75 Å². The number of thiol groups is 1. The summed E-state index contributed by atoms with van der Waals surface area (Å²) in [5, 5.41) is 9.19. The Morgan fingerprint density at radius 2 is 1.81 bits per heavy atom. The van der Waals surface area contributed by atoms with Crippen LogP contribution in [0, 0.1) is 15.9 Å². The highest BCUT2D eigenvalue weighted by Crippen LogP contribution is 2.53. The van der Waals surface area contributed by atoms with Gasteiger partial charge < -0.3 is 23.5 Å². The lowest BCUT2D eigenvalue weighted by molar-refractivity contribution is -0.481. The average Bonchev–Trinajstić information content (AvgIpc) is 3.36. The number of fused-ring (bicyclic) bond motifs is 1. The van der Waals surface area contributed by atoms with E-state index < -0.39 is 52.0 Å². The minimum Gasteiger partial charge on any atom is -0.612 e. The quantitative estimate of drug-likeness (QED) is 0.0298. The summed E-state index contributed by atoms with van der Waals surface area (Å²) in [6.45, 7) is 3.51. The number of nitro groups is 1. The fraction of sp³-hybridized carbons (Fsp3) is 0.333. The van der Waals surface area contributed by atoms with Crippen molar-refractivity contribution in [1.29, 1.82) is 0 Å². The largest absolute Gasteiger partial charge is 0.612 e. The normalized spacial score (nSPS) is 17.7. The molecular formula is C36H38FN2O9PS3. The first-order chi connectivity index (χ1) is 24.8. The number of halogens is 1. The fourth-order valence-corrected chi connectivity index (χ4v) is 9.64. The zero-order chi connectivity index (χ0) is 37.4. The molecule has 276 valence electrons. The van der Waals surface area contributed by atoms with Crippen molar-refractivity contribution in [3.05, 3.63) is 105 Å². The topological polar surface area (TPSA) is 140 Å². The molecule has 16 heteroatoms. The van der Waals surface area contributed by atoms with Crippen LogP contribution in [-0.4, -0.2) is 84.5 Å². The Labute approximate surface area is 314 Å². The van der Waals surface area contributed by atoms with Gasteiger partial charge in [-0.15, -0.1) is 12.2 Å². The molecule has 5 rings (SSSR count). The molecule has 11 nitrogen and oxygen atoms in total. The van der Waals surface area contributed by atoms with Gasteiger partial charge in [0.15, 0.2) is 4.90 Å². The van der Waals surface area contributed by atoms with Crippen LogP contribution in [0.2, 0.25) is 0 Å². The predicted molar refractivity (Wildman–Crippen MR) is 205 cm³/mol. The highest BCUT2D eigenvalue weighted by atomic mass is 32.9. The lowest BCUT2D eigenvalue weighted by Gasteiger charge is -2.34. The molecule has 3 unspecified atom stereocenters. The van der Waals surface area contributed by atoms with Crippen molar-refractivity contribution in [2.75, 3.05) is 52.3 Å². The molecule has 3 aromatic carbocycles. The van der Waals surface area contributed by atoms with Gasteiger partial charge in [0.2, 0.25) is 12.6 Å². The van der Waals surface area contributed by atoms with Gasteiger partial charge in [0.05, 0.1) is 38.2 Å². The molecule has 0 saturated carbocycles. The van der Waals surface area contributed by atoms with Gasteiger partial charge in [-0.3, -0.25) is 19.6 Å². The lowest BCUT2D eigenvalue weighted by atomic mass is 10.0. The second kappa shape index (κ2) is 18.1. The summed E-state index contributed by atoms with van der Waals surface area (Å²) in [7, 11) is 0. The Morgan fingerprint density at radius 1 is 1.12 bits per heavy atom. The van der Waals surface area contributed by atoms with Crippen LogP contribution >= 0.6 is 17.6 Å². The van der Waals surface area contributed by atoms with Gasteiger partial charge >= 0.3 is 11.9 Å². The molecule has 2 aliphatic rings. The third kappa shape index (κ3) is 10.2. The maximum atomic E-state index is 14.5. The number of morpholine rings is 1. The van der Waals surface area contributed by atoms with E-state index in [0.29, 0.717) is 42.3 Å². The number of allylic oxidation sites excluding steroid dienone is 2. The zero-order valence-corrected chi connectivity index (χ0v) is 31.9. The minimum atomic E-state index is -2.36. The van der Waals surface area contributed by atoms with E-state index in [9.17, 15) is 28.6 Å². The summed E-state index contributed by atoms with van der Waals surface area (Å²) >= 11 is 9.55.